The van der Waals surface area contributed by atoms with Gasteiger partial charge in [0.2, 0.25) is 5.91 Å². The molecule has 0 bridgehead atoms. The van der Waals surface area contributed by atoms with E-state index in [-0.39, 0.29) is 5.91 Å². The Morgan fingerprint density at radius 2 is 2.00 bits per heavy atom. The summed E-state index contributed by atoms with van der Waals surface area (Å²) in [6, 6.07) is 8.06. The summed E-state index contributed by atoms with van der Waals surface area (Å²) in [5.41, 5.74) is 0.949. The highest BCUT2D eigenvalue weighted by Crippen LogP contribution is 2.28. The average molecular weight is 334 g/mol. The maximum atomic E-state index is 12.2. The Labute approximate surface area is 135 Å². The standard InChI is InChI=1S/C15H14N2OS3/c1-17(14(18)8-12-4-2-6-19-12)9-11-10-21-15(16-11)13-5-3-7-20-13/h2-7,10H,8-9H2,1H3. The third kappa shape index (κ3) is 3.58. The molecular formula is C15H14N2OS3. The van der Waals surface area contributed by atoms with Gasteiger partial charge in [0.1, 0.15) is 5.01 Å². The highest BCUT2D eigenvalue weighted by molar-refractivity contribution is 7.20. The van der Waals surface area contributed by atoms with Crippen molar-refractivity contribution in [2.45, 2.75) is 13.0 Å². The van der Waals surface area contributed by atoms with E-state index in [9.17, 15) is 4.79 Å². The first kappa shape index (κ1) is 14.4. The lowest BCUT2D eigenvalue weighted by molar-refractivity contribution is -0.129. The van der Waals surface area contributed by atoms with Crippen molar-refractivity contribution in [1.29, 1.82) is 0 Å². The van der Waals surface area contributed by atoms with Gasteiger partial charge in [-0.15, -0.1) is 34.0 Å². The first-order valence-corrected chi connectivity index (χ1v) is 9.11. The van der Waals surface area contributed by atoms with Crippen LogP contribution in [0.2, 0.25) is 0 Å². The zero-order chi connectivity index (χ0) is 14.7. The topological polar surface area (TPSA) is 33.2 Å². The Bertz CT molecular complexity index is 701. The first-order chi connectivity index (χ1) is 10.2. The summed E-state index contributed by atoms with van der Waals surface area (Å²) in [6.45, 7) is 0.562. The molecule has 0 radical (unpaired) electrons. The molecule has 3 aromatic heterocycles. The molecule has 0 saturated carbocycles. The lowest BCUT2D eigenvalue weighted by atomic mass is 10.3. The maximum Gasteiger partial charge on any atom is 0.227 e. The number of carbonyl (C=O) groups excluding carboxylic acids is 1. The molecule has 3 heterocycles. The number of carbonyl (C=O) groups is 1. The largest absolute Gasteiger partial charge is 0.340 e. The molecule has 0 N–H and O–H groups in total. The molecule has 0 saturated heterocycles. The number of hydrogen-bond donors (Lipinski definition) is 0. The number of likely N-dealkylation sites (N-methyl/N-ethyl adjacent to an activating group) is 1. The van der Waals surface area contributed by atoms with E-state index in [1.807, 2.05) is 41.4 Å². The summed E-state index contributed by atoms with van der Waals surface area (Å²) in [5, 5.41) is 7.10. The van der Waals surface area contributed by atoms with Crippen molar-refractivity contribution in [3.63, 3.8) is 0 Å². The third-order valence-electron chi connectivity index (χ3n) is 3.01. The monoisotopic (exact) mass is 334 g/mol. The van der Waals surface area contributed by atoms with Crippen LogP contribution in [-0.4, -0.2) is 22.8 Å². The van der Waals surface area contributed by atoms with E-state index < -0.39 is 0 Å². The SMILES string of the molecule is CN(Cc1csc(-c2cccs2)n1)C(=O)Cc1cccs1. The molecule has 0 spiro atoms. The molecule has 6 heteroatoms. The van der Waals surface area contributed by atoms with Crippen LogP contribution in [0.4, 0.5) is 0 Å². The van der Waals surface area contributed by atoms with Crippen LogP contribution in [0.1, 0.15) is 10.6 Å². The van der Waals surface area contributed by atoms with Crippen molar-refractivity contribution < 1.29 is 4.79 Å². The third-order valence-corrected chi connectivity index (χ3v) is 5.82. The highest BCUT2D eigenvalue weighted by atomic mass is 32.1. The van der Waals surface area contributed by atoms with E-state index in [0.29, 0.717) is 13.0 Å². The van der Waals surface area contributed by atoms with E-state index in [0.717, 1.165) is 15.6 Å². The summed E-state index contributed by atoms with van der Waals surface area (Å²) in [4.78, 5) is 20.8. The van der Waals surface area contributed by atoms with Gasteiger partial charge >= 0.3 is 0 Å². The van der Waals surface area contributed by atoms with Gasteiger partial charge in [-0.3, -0.25) is 4.79 Å². The minimum Gasteiger partial charge on any atom is -0.340 e. The van der Waals surface area contributed by atoms with Crippen LogP contribution in [-0.2, 0) is 17.8 Å². The minimum atomic E-state index is 0.128. The number of hydrogen-bond acceptors (Lipinski definition) is 5. The normalized spacial score (nSPS) is 10.7. The van der Waals surface area contributed by atoms with Crippen LogP contribution in [0.3, 0.4) is 0 Å². The van der Waals surface area contributed by atoms with Crippen molar-refractivity contribution in [1.82, 2.24) is 9.88 Å². The fraction of sp³-hybridized carbons (Fsp3) is 0.200. The van der Waals surface area contributed by atoms with E-state index in [4.69, 9.17) is 0 Å². The number of amides is 1. The number of nitrogens with zero attached hydrogens (tertiary/aromatic N) is 2. The molecule has 108 valence electrons. The van der Waals surface area contributed by atoms with Crippen molar-refractivity contribution in [2.24, 2.45) is 0 Å². The Morgan fingerprint density at radius 3 is 2.71 bits per heavy atom. The molecule has 3 rings (SSSR count). The van der Waals surface area contributed by atoms with Crippen LogP contribution in [0.25, 0.3) is 9.88 Å². The predicted octanol–water partition coefficient (Wildman–Crippen LogP) is 4.13. The van der Waals surface area contributed by atoms with Gasteiger partial charge in [0.15, 0.2) is 0 Å². The molecule has 0 unspecified atom stereocenters. The predicted molar refractivity (Wildman–Crippen MR) is 89.9 cm³/mol. The average Bonchev–Trinajstić information content (AvgIpc) is 3.20. The zero-order valence-electron chi connectivity index (χ0n) is 11.5. The molecule has 0 fully saturated rings. The van der Waals surface area contributed by atoms with Gasteiger partial charge in [0, 0.05) is 17.3 Å². The number of rotatable bonds is 5. The highest BCUT2D eigenvalue weighted by Gasteiger charge is 2.13. The molecule has 3 nitrogen and oxygen atoms in total. The molecule has 3 aromatic rings. The molecule has 0 aliphatic rings. The number of thiophene rings is 2. The summed E-state index contributed by atoms with van der Waals surface area (Å²) in [5.74, 6) is 0.128. The second kappa shape index (κ2) is 6.51. The van der Waals surface area contributed by atoms with Crippen LogP contribution in [0, 0.1) is 0 Å². The zero-order valence-corrected chi connectivity index (χ0v) is 13.9. The number of thiazole rings is 1. The van der Waals surface area contributed by atoms with Gasteiger partial charge in [-0.1, -0.05) is 12.1 Å². The second-order valence-electron chi connectivity index (χ2n) is 4.63. The quantitative estimate of drug-likeness (QED) is 0.703. The Balaban J connectivity index is 1.62. The number of aromatic nitrogens is 1. The van der Waals surface area contributed by atoms with Crippen molar-refractivity contribution >= 4 is 39.9 Å². The van der Waals surface area contributed by atoms with E-state index >= 15 is 0 Å². The van der Waals surface area contributed by atoms with Gasteiger partial charge in [-0.2, -0.15) is 0 Å². The van der Waals surface area contributed by atoms with Gasteiger partial charge in [0.05, 0.1) is 23.5 Å². The Kier molecular flexibility index (Phi) is 4.48. The van der Waals surface area contributed by atoms with Crippen molar-refractivity contribution in [3.8, 4) is 9.88 Å². The first-order valence-electron chi connectivity index (χ1n) is 6.47. The van der Waals surface area contributed by atoms with Crippen LogP contribution < -0.4 is 0 Å². The fourth-order valence-electron chi connectivity index (χ4n) is 1.92. The summed E-state index contributed by atoms with van der Waals surface area (Å²) >= 11 is 4.93. The van der Waals surface area contributed by atoms with Crippen molar-refractivity contribution in [2.75, 3.05) is 7.05 Å². The van der Waals surface area contributed by atoms with Gasteiger partial charge in [-0.05, 0) is 22.9 Å². The maximum absolute atomic E-state index is 12.2. The minimum absolute atomic E-state index is 0.128. The van der Waals surface area contributed by atoms with Gasteiger partial charge in [0.25, 0.3) is 0 Å². The van der Waals surface area contributed by atoms with Crippen LogP contribution in [0.5, 0.6) is 0 Å². The molecular weight excluding hydrogens is 320 g/mol. The van der Waals surface area contributed by atoms with E-state index in [2.05, 4.69) is 11.1 Å². The van der Waals surface area contributed by atoms with Crippen LogP contribution in [0.15, 0.2) is 40.4 Å². The van der Waals surface area contributed by atoms with Gasteiger partial charge < -0.3 is 4.90 Å². The van der Waals surface area contributed by atoms with Crippen molar-refractivity contribution in [3.05, 3.63) is 51.0 Å². The van der Waals surface area contributed by atoms with Gasteiger partial charge in [-0.25, -0.2) is 4.98 Å². The second-order valence-corrected chi connectivity index (χ2v) is 7.47. The molecule has 21 heavy (non-hydrogen) atoms. The lowest BCUT2D eigenvalue weighted by Gasteiger charge is -2.15. The van der Waals surface area contributed by atoms with E-state index in [1.54, 1.807) is 38.9 Å². The Morgan fingerprint density at radius 1 is 1.19 bits per heavy atom. The smallest absolute Gasteiger partial charge is 0.227 e. The summed E-state index contributed by atoms with van der Waals surface area (Å²) < 4.78 is 0. The fourth-order valence-corrected chi connectivity index (χ4v) is 4.24. The molecule has 0 atom stereocenters. The lowest BCUT2D eigenvalue weighted by Crippen LogP contribution is -2.27. The van der Waals surface area contributed by atoms with E-state index in [1.165, 1.54) is 4.88 Å². The molecule has 0 aliphatic heterocycles. The van der Waals surface area contributed by atoms with Crippen LogP contribution >= 0.6 is 34.0 Å². The Hall–Kier alpha value is -1.50. The molecule has 0 aliphatic carbocycles. The molecule has 0 aromatic carbocycles. The molecule has 1 amide bonds. The summed E-state index contributed by atoms with van der Waals surface area (Å²) in [7, 11) is 1.83. The summed E-state index contributed by atoms with van der Waals surface area (Å²) in [6.07, 6.45) is 0.468.